The van der Waals surface area contributed by atoms with Gasteiger partial charge in [0.2, 0.25) is 0 Å². The van der Waals surface area contributed by atoms with Crippen LogP contribution in [0.1, 0.15) is 30.1 Å². The van der Waals surface area contributed by atoms with Crippen LogP contribution in [0.25, 0.3) is 22.3 Å². The molecule has 7 rings (SSSR count). The van der Waals surface area contributed by atoms with E-state index in [1.165, 1.54) is 24.0 Å². The van der Waals surface area contributed by atoms with Crippen molar-refractivity contribution in [1.82, 2.24) is 24.3 Å². The first-order valence-electron chi connectivity index (χ1n) is 14.6. The third kappa shape index (κ3) is 5.84. The van der Waals surface area contributed by atoms with Crippen molar-refractivity contribution in [2.75, 3.05) is 18.9 Å². The SMILES string of the molecule is Nc1ncnc2c1c(-c1ccc(Oc3cc(F)cc(OCc4cccn4Cc4ccccc4)c3)cc1)nn2C1CCOCC1. The van der Waals surface area contributed by atoms with E-state index in [2.05, 4.69) is 26.7 Å². The van der Waals surface area contributed by atoms with Gasteiger partial charge in [0.1, 0.15) is 47.5 Å². The average molecular weight is 591 g/mol. The maximum absolute atomic E-state index is 14.6. The Balaban J connectivity index is 1.07. The molecule has 1 aliphatic heterocycles. The second kappa shape index (κ2) is 12.2. The number of nitrogens with zero attached hydrogens (tertiary/aromatic N) is 5. The van der Waals surface area contributed by atoms with Gasteiger partial charge in [-0.2, -0.15) is 5.10 Å². The minimum Gasteiger partial charge on any atom is -0.487 e. The summed E-state index contributed by atoms with van der Waals surface area (Å²) in [6.45, 7) is 2.38. The molecule has 1 saturated heterocycles. The normalized spacial score (nSPS) is 13.8. The summed E-state index contributed by atoms with van der Waals surface area (Å²) >= 11 is 0. The first-order valence-corrected chi connectivity index (χ1v) is 14.6. The van der Waals surface area contributed by atoms with Gasteiger partial charge in [-0.3, -0.25) is 0 Å². The van der Waals surface area contributed by atoms with Crippen LogP contribution < -0.4 is 15.2 Å². The molecule has 4 heterocycles. The molecule has 0 unspecified atom stereocenters. The molecule has 0 bridgehead atoms. The van der Waals surface area contributed by atoms with Crippen LogP contribution in [-0.2, 0) is 17.9 Å². The maximum atomic E-state index is 14.6. The molecular weight excluding hydrogens is 559 g/mol. The summed E-state index contributed by atoms with van der Waals surface area (Å²) < 4.78 is 36.2. The van der Waals surface area contributed by atoms with Crippen LogP contribution in [0.2, 0.25) is 0 Å². The number of ether oxygens (including phenoxy) is 3. The predicted molar refractivity (Wildman–Crippen MR) is 165 cm³/mol. The van der Waals surface area contributed by atoms with Crippen LogP contribution in [0.3, 0.4) is 0 Å². The van der Waals surface area contributed by atoms with Crippen molar-refractivity contribution in [1.29, 1.82) is 0 Å². The topological polar surface area (TPSA) is 102 Å². The van der Waals surface area contributed by atoms with E-state index in [1.807, 2.05) is 65.5 Å². The molecule has 0 radical (unpaired) electrons. The molecule has 0 spiro atoms. The van der Waals surface area contributed by atoms with Crippen molar-refractivity contribution in [2.24, 2.45) is 0 Å². The van der Waals surface area contributed by atoms with Gasteiger partial charge in [0, 0.05) is 49.7 Å². The summed E-state index contributed by atoms with van der Waals surface area (Å²) in [5, 5.41) is 5.64. The summed E-state index contributed by atoms with van der Waals surface area (Å²) in [5.74, 6) is 1.18. The van der Waals surface area contributed by atoms with Gasteiger partial charge < -0.3 is 24.5 Å². The lowest BCUT2D eigenvalue weighted by atomic mass is 10.1. The molecule has 9 nitrogen and oxygen atoms in total. The van der Waals surface area contributed by atoms with Crippen LogP contribution >= 0.6 is 0 Å². The molecule has 0 atom stereocenters. The van der Waals surface area contributed by atoms with Gasteiger partial charge in [-0.05, 0) is 54.8 Å². The quantitative estimate of drug-likeness (QED) is 0.198. The Morgan fingerprint density at radius 3 is 2.50 bits per heavy atom. The molecule has 1 aliphatic rings. The standard InChI is InChI=1S/C34H31FN6O3/c35-25-17-29(43-21-27-7-4-14-40(27)20-23-5-2-1-3-6-23)19-30(18-25)44-28-10-8-24(9-11-28)32-31-33(36)37-22-38-34(31)41(39-32)26-12-15-42-16-13-26/h1-11,14,17-19,22,26H,12-13,15-16,20-21H2,(H2,36,37,38). The summed E-state index contributed by atoms with van der Waals surface area (Å²) in [6, 6.07) is 26.2. The van der Waals surface area contributed by atoms with Crippen LogP contribution in [0.5, 0.6) is 17.2 Å². The zero-order valence-electron chi connectivity index (χ0n) is 24.0. The van der Waals surface area contributed by atoms with Crippen molar-refractivity contribution in [3.63, 3.8) is 0 Å². The monoisotopic (exact) mass is 590 g/mol. The number of benzene rings is 3. The molecular formula is C34H31FN6O3. The minimum atomic E-state index is -0.450. The van der Waals surface area contributed by atoms with Gasteiger partial charge in [-0.15, -0.1) is 0 Å². The third-order valence-corrected chi connectivity index (χ3v) is 7.77. The molecule has 3 aromatic heterocycles. The van der Waals surface area contributed by atoms with Crippen LogP contribution in [0.4, 0.5) is 10.2 Å². The highest BCUT2D eigenvalue weighted by molar-refractivity contribution is 5.98. The molecule has 0 aliphatic carbocycles. The van der Waals surface area contributed by atoms with Crippen molar-refractivity contribution >= 4 is 16.9 Å². The number of rotatable bonds is 9. The molecule has 6 aromatic rings. The Bertz CT molecular complexity index is 1880. The van der Waals surface area contributed by atoms with Crippen molar-refractivity contribution in [3.05, 3.63) is 115 Å². The predicted octanol–water partition coefficient (Wildman–Crippen LogP) is 6.79. The number of aromatic nitrogens is 5. The molecule has 44 heavy (non-hydrogen) atoms. The van der Waals surface area contributed by atoms with E-state index in [9.17, 15) is 4.39 Å². The van der Waals surface area contributed by atoms with E-state index < -0.39 is 5.82 Å². The van der Waals surface area contributed by atoms with Gasteiger partial charge >= 0.3 is 0 Å². The van der Waals surface area contributed by atoms with E-state index in [4.69, 9.17) is 25.0 Å². The average Bonchev–Trinajstić information content (AvgIpc) is 3.66. The Morgan fingerprint density at radius 1 is 0.886 bits per heavy atom. The summed E-state index contributed by atoms with van der Waals surface area (Å²) in [4.78, 5) is 8.71. The fourth-order valence-corrected chi connectivity index (χ4v) is 5.55. The Morgan fingerprint density at radius 2 is 1.68 bits per heavy atom. The Hall–Kier alpha value is -5.22. The van der Waals surface area contributed by atoms with Crippen molar-refractivity contribution in [3.8, 4) is 28.5 Å². The molecule has 2 N–H and O–H groups in total. The highest BCUT2D eigenvalue weighted by Crippen LogP contribution is 2.35. The van der Waals surface area contributed by atoms with Crippen LogP contribution in [0.15, 0.2) is 97.5 Å². The van der Waals surface area contributed by atoms with Gasteiger partial charge in [-0.25, -0.2) is 19.0 Å². The molecule has 1 fully saturated rings. The van der Waals surface area contributed by atoms with E-state index in [1.54, 1.807) is 6.07 Å². The van der Waals surface area contributed by atoms with Crippen LogP contribution in [0, 0.1) is 5.82 Å². The number of halogens is 1. The highest BCUT2D eigenvalue weighted by Gasteiger charge is 2.24. The van der Waals surface area contributed by atoms with Crippen LogP contribution in [-0.4, -0.2) is 37.5 Å². The largest absolute Gasteiger partial charge is 0.487 e. The zero-order valence-corrected chi connectivity index (χ0v) is 24.0. The van der Waals surface area contributed by atoms with Gasteiger partial charge in [0.25, 0.3) is 0 Å². The zero-order chi connectivity index (χ0) is 29.9. The lowest BCUT2D eigenvalue weighted by Crippen LogP contribution is -2.20. The molecule has 222 valence electrons. The van der Waals surface area contributed by atoms with E-state index in [0.29, 0.717) is 54.2 Å². The molecule has 0 saturated carbocycles. The maximum Gasteiger partial charge on any atom is 0.164 e. The molecule has 0 amide bonds. The fraction of sp³-hybridized carbons (Fsp3) is 0.206. The van der Waals surface area contributed by atoms with Crippen molar-refractivity contribution < 1.29 is 18.6 Å². The minimum absolute atomic E-state index is 0.175. The number of hydrogen-bond acceptors (Lipinski definition) is 7. The Labute approximate surface area is 253 Å². The van der Waals surface area contributed by atoms with E-state index >= 15 is 0 Å². The summed E-state index contributed by atoms with van der Waals surface area (Å²) in [5.41, 5.74) is 10.7. The van der Waals surface area contributed by atoms with Gasteiger partial charge in [0.05, 0.1) is 17.1 Å². The number of fused-ring (bicyclic) bond motifs is 1. The fourth-order valence-electron chi connectivity index (χ4n) is 5.55. The van der Waals surface area contributed by atoms with Gasteiger partial charge in [0.15, 0.2) is 5.65 Å². The smallest absolute Gasteiger partial charge is 0.164 e. The summed E-state index contributed by atoms with van der Waals surface area (Å²) in [6.07, 6.45) is 5.18. The second-order valence-corrected chi connectivity index (χ2v) is 10.7. The first-order chi connectivity index (χ1) is 21.6. The lowest BCUT2D eigenvalue weighted by Gasteiger charge is -2.22. The van der Waals surface area contributed by atoms with Crippen molar-refractivity contribution in [2.45, 2.75) is 32.0 Å². The number of nitrogen functional groups attached to an aromatic ring is 1. The van der Waals surface area contributed by atoms with E-state index in [-0.39, 0.29) is 6.04 Å². The third-order valence-electron chi connectivity index (χ3n) is 7.77. The Kier molecular flexibility index (Phi) is 7.64. The van der Waals surface area contributed by atoms with E-state index in [0.717, 1.165) is 36.0 Å². The summed E-state index contributed by atoms with van der Waals surface area (Å²) in [7, 11) is 0. The highest BCUT2D eigenvalue weighted by atomic mass is 19.1. The molecule has 10 heteroatoms. The van der Waals surface area contributed by atoms with Gasteiger partial charge in [-0.1, -0.05) is 30.3 Å². The lowest BCUT2D eigenvalue weighted by molar-refractivity contribution is 0.0674. The second-order valence-electron chi connectivity index (χ2n) is 10.7. The number of nitrogens with two attached hydrogens (primary N) is 1. The number of anilines is 1. The number of hydrogen-bond donors (Lipinski definition) is 1. The molecule has 3 aromatic carbocycles. The first kappa shape index (κ1) is 27.6.